The van der Waals surface area contributed by atoms with E-state index >= 15 is 0 Å². The fraction of sp³-hybridized carbons (Fsp3) is 0.625. The summed E-state index contributed by atoms with van der Waals surface area (Å²) in [6, 6.07) is 6.63. The number of nitrogens with zero attached hydrogens (tertiary/aromatic N) is 1. The van der Waals surface area contributed by atoms with E-state index in [-0.39, 0.29) is 0 Å². The molecule has 0 saturated carbocycles. The minimum atomic E-state index is 0.564. The smallest absolute Gasteiger partial charge is 0.145 e. The number of rotatable bonds is 5. The molecule has 4 heteroatoms. The SMILES string of the molecule is CCCC1CN(c2ccc(OC)cc2OC)CCCN1. The van der Waals surface area contributed by atoms with Crippen molar-refractivity contribution >= 4 is 5.69 Å². The molecule has 1 heterocycles. The molecule has 0 spiro atoms. The lowest BCUT2D eigenvalue weighted by molar-refractivity contribution is 0.393. The van der Waals surface area contributed by atoms with Gasteiger partial charge in [-0.25, -0.2) is 0 Å². The average Bonchev–Trinajstić information content (AvgIpc) is 2.72. The molecule has 1 aromatic rings. The predicted octanol–water partition coefficient (Wildman–Crippen LogP) is 2.67. The van der Waals surface area contributed by atoms with E-state index < -0.39 is 0 Å². The summed E-state index contributed by atoms with van der Waals surface area (Å²) in [5.41, 5.74) is 1.16. The van der Waals surface area contributed by atoms with Gasteiger partial charge in [0.25, 0.3) is 0 Å². The zero-order valence-corrected chi connectivity index (χ0v) is 12.8. The number of methoxy groups -OCH3 is 2. The molecule has 4 nitrogen and oxygen atoms in total. The van der Waals surface area contributed by atoms with Gasteiger partial charge < -0.3 is 19.7 Å². The van der Waals surface area contributed by atoms with Crippen LogP contribution in [-0.2, 0) is 0 Å². The highest BCUT2D eigenvalue weighted by Crippen LogP contribution is 2.32. The Labute approximate surface area is 122 Å². The molecule has 20 heavy (non-hydrogen) atoms. The Bertz CT molecular complexity index is 423. The third-order valence-corrected chi connectivity index (χ3v) is 3.84. The first-order valence-corrected chi connectivity index (χ1v) is 7.48. The van der Waals surface area contributed by atoms with Crippen molar-refractivity contribution in [2.75, 3.05) is 38.8 Å². The first-order chi connectivity index (χ1) is 9.78. The van der Waals surface area contributed by atoms with Gasteiger partial charge >= 0.3 is 0 Å². The van der Waals surface area contributed by atoms with Crippen LogP contribution in [0.4, 0.5) is 5.69 Å². The summed E-state index contributed by atoms with van der Waals surface area (Å²) in [6.45, 7) is 5.44. The fourth-order valence-electron chi connectivity index (χ4n) is 2.80. The summed E-state index contributed by atoms with van der Waals surface area (Å²) in [4.78, 5) is 2.43. The molecule has 1 aromatic carbocycles. The van der Waals surface area contributed by atoms with Gasteiger partial charge in [0, 0.05) is 25.2 Å². The third-order valence-electron chi connectivity index (χ3n) is 3.84. The van der Waals surface area contributed by atoms with Crippen molar-refractivity contribution < 1.29 is 9.47 Å². The standard InChI is InChI=1S/C16H26N2O2/c1-4-6-13-12-18(10-5-9-17-13)15-8-7-14(19-2)11-16(15)20-3/h7-8,11,13,17H,4-6,9-10,12H2,1-3H3. The van der Waals surface area contributed by atoms with Crippen LogP contribution in [0.25, 0.3) is 0 Å². The van der Waals surface area contributed by atoms with Crippen molar-refractivity contribution in [3.05, 3.63) is 18.2 Å². The van der Waals surface area contributed by atoms with Crippen molar-refractivity contribution in [2.45, 2.75) is 32.2 Å². The van der Waals surface area contributed by atoms with Crippen LogP contribution in [-0.4, -0.2) is 39.9 Å². The van der Waals surface area contributed by atoms with E-state index in [0.29, 0.717) is 6.04 Å². The molecule has 1 aliphatic heterocycles. The molecule has 0 radical (unpaired) electrons. The molecular weight excluding hydrogens is 252 g/mol. The quantitative estimate of drug-likeness (QED) is 0.898. The van der Waals surface area contributed by atoms with Crippen molar-refractivity contribution in [3.8, 4) is 11.5 Å². The van der Waals surface area contributed by atoms with Gasteiger partial charge in [-0.1, -0.05) is 13.3 Å². The van der Waals surface area contributed by atoms with Gasteiger partial charge in [0.15, 0.2) is 0 Å². The summed E-state index contributed by atoms with van der Waals surface area (Å²) in [6.07, 6.45) is 3.59. The highest BCUT2D eigenvalue weighted by atomic mass is 16.5. The second-order valence-corrected chi connectivity index (χ2v) is 5.28. The van der Waals surface area contributed by atoms with Crippen LogP contribution in [0, 0.1) is 0 Å². The van der Waals surface area contributed by atoms with Gasteiger partial charge in [0.05, 0.1) is 19.9 Å². The maximum absolute atomic E-state index is 5.54. The van der Waals surface area contributed by atoms with E-state index in [4.69, 9.17) is 9.47 Å². The summed E-state index contributed by atoms with van der Waals surface area (Å²) in [5.74, 6) is 1.73. The minimum absolute atomic E-state index is 0.564. The molecule has 2 rings (SSSR count). The molecule has 1 atom stereocenters. The summed E-state index contributed by atoms with van der Waals surface area (Å²) in [5, 5.41) is 3.64. The maximum Gasteiger partial charge on any atom is 0.145 e. The predicted molar refractivity (Wildman–Crippen MR) is 83.1 cm³/mol. The highest BCUT2D eigenvalue weighted by Gasteiger charge is 2.20. The van der Waals surface area contributed by atoms with Gasteiger partial charge in [-0.3, -0.25) is 0 Å². The summed E-state index contributed by atoms with van der Waals surface area (Å²) < 4.78 is 10.8. The third kappa shape index (κ3) is 3.57. The molecule has 1 saturated heterocycles. The van der Waals surface area contributed by atoms with Gasteiger partial charge in [0.1, 0.15) is 11.5 Å². The lowest BCUT2D eigenvalue weighted by atomic mass is 10.1. The van der Waals surface area contributed by atoms with Gasteiger partial charge in [-0.2, -0.15) is 0 Å². The molecular formula is C16H26N2O2. The Morgan fingerprint density at radius 3 is 2.85 bits per heavy atom. The number of anilines is 1. The van der Waals surface area contributed by atoms with Crippen LogP contribution in [0.3, 0.4) is 0 Å². The van der Waals surface area contributed by atoms with E-state index in [2.05, 4.69) is 23.2 Å². The lowest BCUT2D eigenvalue weighted by Gasteiger charge is -2.28. The van der Waals surface area contributed by atoms with E-state index in [0.717, 1.165) is 43.2 Å². The Hall–Kier alpha value is -1.42. The zero-order chi connectivity index (χ0) is 14.4. The Balaban J connectivity index is 2.19. The van der Waals surface area contributed by atoms with Crippen LogP contribution < -0.4 is 19.7 Å². The first kappa shape index (κ1) is 15.0. The topological polar surface area (TPSA) is 33.7 Å². The van der Waals surface area contributed by atoms with E-state index in [9.17, 15) is 0 Å². The lowest BCUT2D eigenvalue weighted by Crippen LogP contribution is -2.37. The van der Waals surface area contributed by atoms with E-state index in [1.807, 2.05) is 12.1 Å². The second kappa shape index (κ2) is 7.39. The summed E-state index contributed by atoms with van der Waals surface area (Å²) >= 11 is 0. The largest absolute Gasteiger partial charge is 0.497 e. The molecule has 0 aromatic heterocycles. The first-order valence-electron chi connectivity index (χ1n) is 7.48. The van der Waals surface area contributed by atoms with Crippen LogP contribution in [0.1, 0.15) is 26.2 Å². The van der Waals surface area contributed by atoms with Crippen molar-refractivity contribution in [1.29, 1.82) is 0 Å². The number of hydrogen-bond donors (Lipinski definition) is 1. The van der Waals surface area contributed by atoms with Gasteiger partial charge in [-0.05, 0) is 31.5 Å². The molecule has 0 amide bonds. The van der Waals surface area contributed by atoms with Crippen LogP contribution >= 0.6 is 0 Å². The van der Waals surface area contributed by atoms with Crippen LogP contribution in [0.5, 0.6) is 11.5 Å². The number of nitrogens with one attached hydrogen (secondary N) is 1. The molecule has 1 unspecified atom stereocenters. The van der Waals surface area contributed by atoms with Crippen LogP contribution in [0.15, 0.2) is 18.2 Å². The maximum atomic E-state index is 5.54. The molecule has 1 aliphatic rings. The van der Waals surface area contributed by atoms with E-state index in [1.54, 1.807) is 14.2 Å². The zero-order valence-electron chi connectivity index (χ0n) is 12.8. The van der Waals surface area contributed by atoms with Crippen molar-refractivity contribution in [3.63, 3.8) is 0 Å². The minimum Gasteiger partial charge on any atom is -0.497 e. The average molecular weight is 278 g/mol. The van der Waals surface area contributed by atoms with Crippen LogP contribution in [0.2, 0.25) is 0 Å². The molecule has 1 N–H and O–H groups in total. The Morgan fingerprint density at radius 1 is 1.30 bits per heavy atom. The van der Waals surface area contributed by atoms with Crippen molar-refractivity contribution in [1.82, 2.24) is 5.32 Å². The number of hydrogen-bond acceptors (Lipinski definition) is 4. The van der Waals surface area contributed by atoms with Gasteiger partial charge in [0.2, 0.25) is 0 Å². The molecule has 112 valence electrons. The fourth-order valence-corrected chi connectivity index (χ4v) is 2.80. The molecule has 0 bridgehead atoms. The number of benzene rings is 1. The highest BCUT2D eigenvalue weighted by molar-refractivity contribution is 5.61. The second-order valence-electron chi connectivity index (χ2n) is 5.28. The molecule has 0 aliphatic carbocycles. The van der Waals surface area contributed by atoms with E-state index in [1.165, 1.54) is 12.8 Å². The monoisotopic (exact) mass is 278 g/mol. The normalized spacial score (nSPS) is 19.6. The Morgan fingerprint density at radius 2 is 2.15 bits per heavy atom. The number of ether oxygens (including phenoxy) is 2. The van der Waals surface area contributed by atoms with Gasteiger partial charge in [-0.15, -0.1) is 0 Å². The summed E-state index contributed by atoms with van der Waals surface area (Å²) in [7, 11) is 3.40. The Kier molecular flexibility index (Phi) is 5.53. The van der Waals surface area contributed by atoms with Crippen molar-refractivity contribution in [2.24, 2.45) is 0 Å². The molecule has 1 fully saturated rings.